The van der Waals surface area contributed by atoms with Crippen molar-refractivity contribution in [2.24, 2.45) is 11.1 Å². The Morgan fingerprint density at radius 2 is 1.80 bits per heavy atom. The molecule has 1 aromatic heterocycles. The van der Waals surface area contributed by atoms with Crippen LogP contribution in [0.25, 0.3) is 23.1 Å². The summed E-state index contributed by atoms with van der Waals surface area (Å²) in [5.41, 5.74) is 10.4. The Morgan fingerprint density at radius 3 is 2.49 bits per heavy atom. The van der Waals surface area contributed by atoms with E-state index >= 15 is 0 Å². The number of carboxylic acid groups (broad SMARTS) is 1. The number of aryl methyl sites for hydroxylation is 1. The third-order valence-electron chi connectivity index (χ3n) is 8.45. The fourth-order valence-corrected chi connectivity index (χ4v) is 7.19. The van der Waals surface area contributed by atoms with Crippen LogP contribution in [-0.2, 0) is 16.8 Å². The summed E-state index contributed by atoms with van der Waals surface area (Å²) in [6.45, 7) is 3.66. The molecule has 0 aliphatic heterocycles. The highest BCUT2D eigenvalue weighted by atomic mass is 35.5. The molecule has 5 nitrogen and oxygen atoms in total. The quantitative estimate of drug-likeness (QED) is 0.143. The molecule has 4 N–H and O–H groups in total. The summed E-state index contributed by atoms with van der Waals surface area (Å²) in [5.74, 6) is 0.122. The molecule has 236 valence electrons. The van der Waals surface area contributed by atoms with Gasteiger partial charge in [-0.1, -0.05) is 78.3 Å². The first-order valence-corrected chi connectivity index (χ1v) is 17.2. The highest BCUT2D eigenvalue weighted by Crippen LogP contribution is 2.53. The van der Waals surface area contributed by atoms with Crippen LogP contribution in [0.2, 0.25) is 5.02 Å². The molecular formula is C38H43ClN2O3S. The molecule has 0 unspecified atom stereocenters. The maximum Gasteiger partial charge on any atom is 0.303 e. The van der Waals surface area contributed by atoms with Crippen molar-refractivity contribution in [2.45, 2.75) is 75.7 Å². The lowest BCUT2D eigenvalue weighted by Gasteiger charge is -2.24. The summed E-state index contributed by atoms with van der Waals surface area (Å²) in [5, 5.41) is 22.1. The van der Waals surface area contributed by atoms with Crippen LogP contribution >= 0.6 is 23.4 Å². The van der Waals surface area contributed by atoms with Gasteiger partial charge in [0.2, 0.25) is 0 Å². The minimum Gasteiger partial charge on any atom is -0.481 e. The predicted octanol–water partition coefficient (Wildman–Crippen LogP) is 9.06. The maximum absolute atomic E-state index is 11.5. The van der Waals surface area contributed by atoms with E-state index in [-0.39, 0.29) is 17.1 Å². The minimum atomic E-state index is -0.911. The number of aromatic nitrogens is 1. The molecule has 4 aromatic rings. The lowest BCUT2D eigenvalue weighted by molar-refractivity contribution is -0.138. The Balaban J connectivity index is 0.000000927. The van der Waals surface area contributed by atoms with Crippen LogP contribution in [0.5, 0.6) is 0 Å². The molecule has 1 heterocycles. The average Bonchev–Trinajstić information content (AvgIpc) is 3.95. The third kappa shape index (κ3) is 9.91. The van der Waals surface area contributed by atoms with Crippen LogP contribution < -0.4 is 5.73 Å². The molecular weight excluding hydrogens is 600 g/mol. The number of carboxylic acids is 1. The van der Waals surface area contributed by atoms with Gasteiger partial charge < -0.3 is 15.9 Å². The molecule has 2 aliphatic carbocycles. The van der Waals surface area contributed by atoms with Gasteiger partial charge in [0.1, 0.15) is 0 Å². The van der Waals surface area contributed by atoms with E-state index in [9.17, 15) is 15.0 Å². The van der Waals surface area contributed by atoms with E-state index in [1.54, 1.807) is 0 Å². The third-order valence-corrected chi connectivity index (χ3v) is 10.4. The molecule has 0 saturated heterocycles. The van der Waals surface area contributed by atoms with Crippen molar-refractivity contribution in [2.75, 3.05) is 5.75 Å². The molecule has 45 heavy (non-hydrogen) atoms. The number of hydrogen-bond acceptors (Lipinski definition) is 5. The number of halogens is 1. The SMILES string of the molecule is CC(C)(O)c1ccccc1CC[C@@H](SCC1(CC(=O)O)CC1)c1cccc(/C=C/c2ccc3ccc(Cl)cc3n2)c1.NC1CC1. The molecule has 6 rings (SSSR count). The topological polar surface area (TPSA) is 96.4 Å². The maximum atomic E-state index is 11.5. The summed E-state index contributed by atoms with van der Waals surface area (Å²) in [6.07, 6.45) is 10.5. The largest absolute Gasteiger partial charge is 0.481 e. The molecule has 3 aromatic carbocycles. The first-order valence-electron chi connectivity index (χ1n) is 15.7. The fourth-order valence-electron chi connectivity index (χ4n) is 5.45. The summed E-state index contributed by atoms with van der Waals surface area (Å²) in [7, 11) is 0. The van der Waals surface area contributed by atoms with E-state index in [4.69, 9.17) is 22.3 Å². The molecule has 0 spiro atoms. The number of aliphatic carboxylic acids is 1. The van der Waals surface area contributed by atoms with E-state index in [0.29, 0.717) is 11.1 Å². The molecule has 7 heteroatoms. The van der Waals surface area contributed by atoms with E-state index < -0.39 is 11.6 Å². The zero-order valence-electron chi connectivity index (χ0n) is 26.1. The Labute approximate surface area is 275 Å². The number of thioether (sulfide) groups is 1. The summed E-state index contributed by atoms with van der Waals surface area (Å²) in [6, 6.07) is 27.1. The summed E-state index contributed by atoms with van der Waals surface area (Å²) >= 11 is 8.04. The smallest absolute Gasteiger partial charge is 0.303 e. The van der Waals surface area contributed by atoms with Gasteiger partial charge in [-0.2, -0.15) is 11.8 Å². The lowest BCUT2D eigenvalue weighted by atomic mass is 9.90. The Morgan fingerprint density at radius 1 is 1.07 bits per heavy atom. The van der Waals surface area contributed by atoms with Gasteiger partial charge in [-0.15, -0.1) is 0 Å². The van der Waals surface area contributed by atoms with Crippen LogP contribution in [0.4, 0.5) is 0 Å². The van der Waals surface area contributed by atoms with Gasteiger partial charge in [-0.25, -0.2) is 4.98 Å². The van der Waals surface area contributed by atoms with Gasteiger partial charge in [0.15, 0.2) is 0 Å². The number of pyridine rings is 1. The van der Waals surface area contributed by atoms with Crippen molar-refractivity contribution in [3.05, 3.63) is 112 Å². The summed E-state index contributed by atoms with van der Waals surface area (Å²) in [4.78, 5) is 16.2. The Bertz CT molecular complexity index is 1660. The monoisotopic (exact) mass is 642 g/mol. The molecule has 2 saturated carbocycles. The first-order chi connectivity index (χ1) is 21.5. The van der Waals surface area contributed by atoms with Crippen molar-refractivity contribution in [3.63, 3.8) is 0 Å². The van der Waals surface area contributed by atoms with Crippen molar-refractivity contribution >= 4 is 52.4 Å². The molecule has 1 atom stereocenters. The molecule has 0 amide bonds. The first kappa shape index (κ1) is 33.2. The number of fused-ring (bicyclic) bond motifs is 1. The highest BCUT2D eigenvalue weighted by Gasteiger charge is 2.44. The zero-order chi connectivity index (χ0) is 32.0. The number of nitrogens with zero attached hydrogens (tertiary/aromatic N) is 1. The van der Waals surface area contributed by atoms with Gasteiger partial charge in [0, 0.05) is 27.5 Å². The predicted molar refractivity (Wildman–Crippen MR) is 188 cm³/mol. The number of benzene rings is 3. The van der Waals surface area contributed by atoms with Gasteiger partial charge in [0.05, 0.1) is 23.2 Å². The van der Waals surface area contributed by atoms with Crippen LogP contribution in [0, 0.1) is 5.41 Å². The molecule has 2 aliphatic rings. The number of nitrogens with two attached hydrogens (primary N) is 1. The lowest BCUT2D eigenvalue weighted by Crippen LogP contribution is -2.18. The van der Waals surface area contributed by atoms with Crippen molar-refractivity contribution in [3.8, 4) is 0 Å². The van der Waals surface area contributed by atoms with Gasteiger partial charge in [0.25, 0.3) is 0 Å². The Hall–Kier alpha value is -3.16. The van der Waals surface area contributed by atoms with Crippen molar-refractivity contribution in [1.29, 1.82) is 0 Å². The van der Waals surface area contributed by atoms with Gasteiger partial charge in [-0.05, 0) is 104 Å². The zero-order valence-corrected chi connectivity index (χ0v) is 27.7. The standard InChI is InChI=1S/C35H36ClNO3S.C3H7N/c1-34(2,40)30-9-4-3-7-25(30)13-17-32(41-23-35(18-19-35)22-33(38)39)27-8-5-6-24(20-27)10-15-29-16-12-26-11-14-28(36)21-31(26)37-29;4-3-1-2-3/h3-12,14-16,20-21,32,40H,13,17-19,22-23H2,1-2H3,(H,38,39);3H,1-2,4H2/b15-10+;/t32-;/m1./s1. The van der Waals surface area contributed by atoms with Crippen molar-refractivity contribution in [1.82, 2.24) is 4.98 Å². The molecule has 0 radical (unpaired) electrons. The number of carbonyl (C=O) groups is 1. The average molecular weight is 643 g/mol. The van der Waals surface area contributed by atoms with Crippen LogP contribution in [0.1, 0.15) is 85.6 Å². The number of hydrogen-bond donors (Lipinski definition) is 3. The van der Waals surface area contributed by atoms with Crippen LogP contribution in [-0.4, -0.2) is 33.0 Å². The second-order valence-electron chi connectivity index (χ2n) is 13.0. The van der Waals surface area contributed by atoms with Crippen LogP contribution in [0.3, 0.4) is 0 Å². The fraction of sp³-hybridized carbons (Fsp3) is 0.368. The van der Waals surface area contributed by atoms with E-state index in [2.05, 4.69) is 42.5 Å². The normalized spacial score (nSPS) is 16.3. The van der Waals surface area contributed by atoms with E-state index in [1.165, 1.54) is 18.4 Å². The van der Waals surface area contributed by atoms with Crippen molar-refractivity contribution < 1.29 is 15.0 Å². The summed E-state index contributed by atoms with van der Waals surface area (Å²) < 4.78 is 0. The number of aliphatic hydroxyl groups is 1. The van der Waals surface area contributed by atoms with Crippen LogP contribution in [0.15, 0.2) is 78.9 Å². The number of rotatable bonds is 12. The second-order valence-corrected chi connectivity index (χ2v) is 14.7. The highest BCUT2D eigenvalue weighted by molar-refractivity contribution is 7.99. The Kier molecular flexibility index (Phi) is 10.7. The second kappa shape index (κ2) is 14.5. The molecule has 0 bridgehead atoms. The van der Waals surface area contributed by atoms with Gasteiger partial charge in [-0.3, -0.25) is 4.79 Å². The minimum absolute atomic E-state index is 0.0814. The molecule has 2 fully saturated rings. The van der Waals surface area contributed by atoms with Gasteiger partial charge >= 0.3 is 5.97 Å². The van der Waals surface area contributed by atoms with E-state index in [1.807, 2.05) is 74.1 Å². The van der Waals surface area contributed by atoms with E-state index in [0.717, 1.165) is 64.7 Å².